The second-order valence-corrected chi connectivity index (χ2v) is 11.6. The smallest absolute Gasteiger partial charge is 0.254 e. The van der Waals surface area contributed by atoms with Crippen molar-refractivity contribution in [1.29, 1.82) is 0 Å². The van der Waals surface area contributed by atoms with Crippen LogP contribution < -0.4 is 10.6 Å². The van der Waals surface area contributed by atoms with Gasteiger partial charge >= 0.3 is 0 Å². The van der Waals surface area contributed by atoms with Crippen LogP contribution >= 0.6 is 0 Å². The number of carbonyl (C=O) groups excluding carboxylic acids is 2. The molecule has 214 valence electrons. The van der Waals surface area contributed by atoms with Gasteiger partial charge in [-0.05, 0) is 69.3 Å². The SMILES string of the molecule is CN(C)C/C=C\C(=O)N[C@@H]1CNC[C@H]1N(C)C(=O)c1ccc2c(c1)nc(-c1cc3cccnc3n1CC1CC1)n2C. The molecule has 0 spiro atoms. The summed E-state index contributed by atoms with van der Waals surface area (Å²) in [4.78, 5) is 39.5. The Balaban J connectivity index is 1.24. The number of carbonyl (C=O) groups is 2. The lowest BCUT2D eigenvalue weighted by Gasteiger charge is -2.29. The number of aryl methyl sites for hydroxylation is 1. The van der Waals surface area contributed by atoms with Crippen molar-refractivity contribution in [3.63, 3.8) is 0 Å². The first-order valence-corrected chi connectivity index (χ1v) is 14.3. The second-order valence-electron chi connectivity index (χ2n) is 11.6. The molecule has 0 unspecified atom stereocenters. The number of aromatic nitrogens is 4. The Hall–Kier alpha value is -4.02. The molecular formula is C31H38N8O2. The summed E-state index contributed by atoms with van der Waals surface area (Å²) in [6, 6.07) is 11.6. The highest BCUT2D eigenvalue weighted by molar-refractivity contribution is 5.98. The summed E-state index contributed by atoms with van der Waals surface area (Å²) in [6.45, 7) is 2.85. The first kappa shape index (κ1) is 27.2. The standard InChI is InChI=1S/C31H38N8O2/c1-36(2)14-6-8-28(40)34-24-17-32-18-27(24)38(4)31(41)22-11-12-25-23(15-22)35-30(37(25)3)26-16-21-7-5-13-33-29(21)39(26)19-20-9-10-20/h5-8,11-13,15-16,20,24,27,32H,9-10,14,17-19H2,1-4H3,(H,34,40)/b8-6-/t24-,27-/m1/s1. The zero-order chi connectivity index (χ0) is 28.7. The number of hydrogen-bond donors (Lipinski definition) is 2. The van der Waals surface area contributed by atoms with Gasteiger partial charge in [0, 0.05) is 63.5 Å². The predicted octanol–water partition coefficient (Wildman–Crippen LogP) is 2.65. The molecule has 4 aromatic rings. The summed E-state index contributed by atoms with van der Waals surface area (Å²) in [5.41, 5.74) is 4.35. The van der Waals surface area contributed by atoms with Crippen LogP contribution in [0.1, 0.15) is 23.2 Å². The number of rotatable bonds is 9. The Morgan fingerprint density at radius 1 is 1.15 bits per heavy atom. The minimum atomic E-state index is -0.173. The Morgan fingerprint density at radius 2 is 1.98 bits per heavy atom. The highest BCUT2D eigenvalue weighted by Gasteiger charge is 2.34. The average molecular weight is 555 g/mol. The maximum absolute atomic E-state index is 13.6. The molecular weight excluding hydrogens is 516 g/mol. The largest absolute Gasteiger partial charge is 0.346 e. The van der Waals surface area contributed by atoms with E-state index in [1.54, 1.807) is 18.0 Å². The lowest BCUT2D eigenvalue weighted by atomic mass is 10.1. The molecule has 1 aromatic carbocycles. The Kier molecular flexibility index (Phi) is 7.35. The van der Waals surface area contributed by atoms with E-state index in [2.05, 4.69) is 36.9 Å². The predicted molar refractivity (Wildman–Crippen MR) is 161 cm³/mol. The average Bonchev–Trinajstić information content (AvgIpc) is 3.39. The van der Waals surface area contributed by atoms with Crippen molar-refractivity contribution in [3.8, 4) is 11.5 Å². The third-order valence-electron chi connectivity index (χ3n) is 8.22. The molecule has 0 radical (unpaired) electrons. The van der Waals surface area contributed by atoms with Gasteiger partial charge in [-0.25, -0.2) is 9.97 Å². The molecule has 2 fully saturated rings. The third-order valence-corrected chi connectivity index (χ3v) is 8.22. The number of hydrogen-bond acceptors (Lipinski definition) is 6. The topological polar surface area (TPSA) is 100 Å². The van der Waals surface area contributed by atoms with Crippen LogP contribution in [-0.4, -0.2) is 93.6 Å². The van der Waals surface area contributed by atoms with Crippen molar-refractivity contribution >= 4 is 33.9 Å². The van der Waals surface area contributed by atoms with Crippen molar-refractivity contribution in [3.05, 3.63) is 60.3 Å². The van der Waals surface area contributed by atoms with E-state index in [4.69, 9.17) is 4.98 Å². The lowest BCUT2D eigenvalue weighted by Crippen LogP contribution is -2.51. The molecule has 1 saturated heterocycles. The third kappa shape index (κ3) is 5.49. The van der Waals surface area contributed by atoms with Crippen LogP contribution in [0.2, 0.25) is 0 Å². The Labute approximate surface area is 240 Å². The zero-order valence-corrected chi connectivity index (χ0v) is 24.2. The van der Waals surface area contributed by atoms with Crippen LogP contribution in [-0.2, 0) is 18.4 Å². The van der Waals surface area contributed by atoms with Crippen LogP contribution in [0.25, 0.3) is 33.6 Å². The zero-order valence-electron chi connectivity index (χ0n) is 24.2. The van der Waals surface area contributed by atoms with Crippen molar-refractivity contribution in [2.75, 3.05) is 40.8 Å². The van der Waals surface area contributed by atoms with E-state index in [1.807, 2.05) is 62.6 Å². The molecule has 10 heteroatoms. The van der Waals surface area contributed by atoms with Crippen molar-refractivity contribution in [2.24, 2.45) is 13.0 Å². The summed E-state index contributed by atoms with van der Waals surface area (Å²) < 4.78 is 4.40. The number of nitrogens with zero attached hydrogens (tertiary/aromatic N) is 6. The maximum atomic E-state index is 13.6. The molecule has 4 heterocycles. The fourth-order valence-corrected chi connectivity index (χ4v) is 5.75. The van der Waals surface area contributed by atoms with Crippen molar-refractivity contribution in [2.45, 2.75) is 31.5 Å². The number of benzene rings is 1. The molecule has 3 aromatic heterocycles. The fraction of sp³-hybridized carbons (Fsp3) is 0.419. The van der Waals surface area contributed by atoms with E-state index in [9.17, 15) is 9.59 Å². The molecule has 2 N–H and O–H groups in total. The van der Waals surface area contributed by atoms with Crippen LogP contribution in [0.3, 0.4) is 0 Å². The molecule has 10 nitrogen and oxygen atoms in total. The molecule has 1 aliphatic carbocycles. The number of amides is 2. The lowest BCUT2D eigenvalue weighted by molar-refractivity contribution is -0.117. The summed E-state index contributed by atoms with van der Waals surface area (Å²) >= 11 is 0. The fourth-order valence-electron chi connectivity index (χ4n) is 5.75. The molecule has 0 bridgehead atoms. The minimum Gasteiger partial charge on any atom is -0.346 e. The van der Waals surface area contributed by atoms with Gasteiger partial charge in [0.1, 0.15) is 5.65 Å². The van der Waals surface area contributed by atoms with Crippen LogP contribution in [0.15, 0.2) is 54.7 Å². The van der Waals surface area contributed by atoms with Crippen LogP contribution in [0.5, 0.6) is 0 Å². The van der Waals surface area contributed by atoms with E-state index in [-0.39, 0.29) is 23.9 Å². The van der Waals surface area contributed by atoms with E-state index in [1.165, 1.54) is 12.8 Å². The van der Waals surface area contributed by atoms with E-state index in [0.29, 0.717) is 31.1 Å². The molecule has 2 amide bonds. The van der Waals surface area contributed by atoms with E-state index < -0.39 is 0 Å². The van der Waals surface area contributed by atoms with Gasteiger partial charge in [0.25, 0.3) is 5.91 Å². The highest BCUT2D eigenvalue weighted by Crippen LogP contribution is 2.36. The normalized spacial score (nSPS) is 19.1. The van der Waals surface area contributed by atoms with Gasteiger partial charge in [0.2, 0.25) is 5.91 Å². The van der Waals surface area contributed by atoms with Crippen molar-refractivity contribution in [1.82, 2.24) is 39.5 Å². The number of fused-ring (bicyclic) bond motifs is 2. The minimum absolute atomic E-state index is 0.0951. The highest BCUT2D eigenvalue weighted by atomic mass is 16.2. The summed E-state index contributed by atoms with van der Waals surface area (Å²) in [5.74, 6) is 1.31. The number of imidazole rings is 1. The summed E-state index contributed by atoms with van der Waals surface area (Å²) in [6.07, 6.45) is 7.74. The molecule has 41 heavy (non-hydrogen) atoms. The monoisotopic (exact) mass is 554 g/mol. The van der Waals surface area contributed by atoms with Crippen molar-refractivity contribution < 1.29 is 9.59 Å². The van der Waals surface area contributed by atoms with Gasteiger partial charge in [-0.2, -0.15) is 0 Å². The Bertz CT molecular complexity index is 1630. The van der Waals surface area contributed by atoms with Gasteiger partial charge in [-0.1, -0.05) is 6.08 Å². The molecule has 2 atom stereocenters. The number of pyridine rings is 1. The first-order valence-electron chi connectivity index (χ1n) is 14.3. The first-order chi connectivity index (χ1) is 19.8. The maximum Gasteiger partial charge on any atom is 0.254 e. The van der Waals surface area contributed by atoms with Crippen LogP contribution in [0, 0.1) is 5.92 Å². The summed E-state index contributed by atoms with van der Waals surface area (Å²) in [7, 11) is 7.73. The van der Waals surface area contributed by atoms with Gasteiger partial charge in [-0.15, -0.1) is 0 Å². The van der Waals surface area contributed by atoms with Gasteiger partial charge in [-0.3, -0.25) is 9.59 Å². The molecule has 2 aliphatic rings. The van der Waals surface area contributed by atoms with Gasteiger partial charge < -0.3 is 29.6 Å². The van der Waals surface area contributed by atoms with Crippen LogP contribution in [0.4, 0.5) is 0 Å². The number of likely N-dealkylation sites (N-methyl/N-ethyl adjacent to an activating group) is 2. The molecule has 6 rings (SSSR count). The summed E-state index contributed by atoms with van der Waals surface area (Å²) in [5, 5.41) is 7.48. The Morgan fingerprint density at radius 3 is 2.76 bits per heavy atom. The second kappa shape index (κ2) is 11.1. The molecule has 1 saturated carbocycles. The van der Waals surface area contributed by atoms with E-state index in [0.717, 1.165) is 40.1 Å². The van der Waals surface area contributed by atoms with Gasteiger partial charge in [0.15, 0.2) is 5.82 Å². The quantitative estimate of drug-likeness (QED) is 0.309. The van der Waals surface area contributed by atoms with Gasteiger partial charge in [0.05, 0.1) is 28.8 Å². The van der Waals surface area contributed by atoms with E-state index >= 15 is 0 Å². The number of nitrogens with one attached hydrogen (secondary N) is 2. The molecule has 1 aliphatic heterocycles.